The molecule has 2 aliphatic rings. The maximum Gasteiger partial charge on any atom is 0.255 e. The van der Waals surface area contributed by atoms with Gasteiger partial charge in [0, 0.05) is 49.5 Å². The maximum atomic E-state index is 12.5. The minimum absolute atomic E-state index is 0.00901. The zero-order valence-electron chi connectivity index (χ0n) is 18.3. The van der Waals surface area contributed by atoms with Crippen LogP contribution in [0, 0.1) is 5.41 Å². The summed E-state index contributed by atoms with van der Waals surface area (Å²) in [6.45, 7) is 9.53. The Hall–Kier alpha value is -3.22. The van der Waals surface area contributed by atoms with Gasteiger partial charge in [0.15, 0.2) is 11.5 Å². The van der Waals surface area contributed by atoms with Gasteiger partial charge in [0.25, 0.3) is 5.91 Å². The van der Waals surface area contributed by atoms with Gasteiger partial charge < -0.3 is 24.6 Å². The molecule has 2 heterocycles. The summed E-state index contributed by atoms with van der Waals surface area (Å²) in [7, 11) is 0. The van der Waals surface area contributed by atoms with E-state index >= 15 is 0 Å². The van der Waals surface area contributed by atoms with E-state index < -0.39 is 0 Å². The number of nitrogens with one attached hydrogen (secondary N) is 1. The Morgan fingerprint density at radius 3 is 2.29 bits per heavy atom. The first-order valence-electron chi connectivity index (χ1n) is 10.6. The Bertz CT molecular complexity index is 958. The van der Waals surface area contributed by atoms with E-state index in [-0.39, 0.29) is 24.0 Å². The van der Waals surface area contributed by atoms with Crippen LogP contribution in [0.25, 0.3) is 0 Å². The second-order valence-corrected chi connectivity index (χ2v) is 9.17. The van der Waals surface area contributed by atoms with Gasteiger partial charge in [-0.3, -0.25) is 9.59 Å². The molecule has 2 aliphatic heterocycles. The zero-order chi connectivity index (χ0) is 22.0. The van der Waals surface area contributed by atoms with Gasteiger partial charge in [0.05, 0.1) is 0 Å². The number of carbonyl (C=O) groups is 2. The zero-order valence-corrected chi connectivity index (χ0v) is 18.3. The minimum atomic E-state index is -0.197. The number of benzene rings is 2. The number of anilines is 2. The Balaban J connectivity index is 1.32. The summed E-state index contributed by atoms with van der Waals surface area (Å²) in [6, 6.07) is 13.0. The fraction of sp³-hybridized carbons (Fsp3) is 0.417. The summed E-state index contributed by atoms with van der Waals surface area (Å²) in [4.78, 5) is 29.2. The van der Waals surface area contributed by atoms with Gasteiger partial charge >= 0.3 is 0 Å². The van der Waals surface area contributed by atoms with E-state index in [0.29, 0.717) is 23.5 Å². The summed E-state index contributed by atoms with van der Waals surface area (Å²) in [6.07, 6.45) is 0.574. The fourth-order valence-electron chi connectivity index (χ4n) is 3.78. The largest absolute Gasteiger partial charge is 0.454 e. The first kappa shape index (κ1) is 21.0. The topological polar surface area (TPSA) is 71.1 Å². The number of amides is 2. The van der Waals surface area contributed by atoms with Crippen LogP contribution < -0.4 is 19.7 Å². The van der Waals surface area contributed by atoms with E-state index in [1.807, 2.05) is 29.2 Å². The normalized spacial score (nSPS) is 15.7. The molecule has 0 saturated carbocycles. The van der Waals surface area contributed by atoms with Crippen molar-refractivity contribution in [1.29, 1.82) is 0 Å². The summed E-state index contributed by atoms with van der Waals surface area (Å²) in [5.41, 5.74) is 2.34. The monoisotopic (exact) mass is 423 g/mol. The molecule has 0 aliphatic carbocycles. The van der Waals surface area contributed by atoms with Gasteiger partial charge in [0.2, 0.25) is 12.7 Å². The van der Waals surface area contributed by atoms with Crippen molar-refractivity contribution in [3.8, 4) is 11.5 Å². The number of fused-ring (bicyclic) bond motifs is 1. The lowest BCUT2D eigenvalue weighted by Gasteiger charge is -2.37. The highest BCUT2D eigenvalue weighted by molar-refractivity contribution is 6.04. The molecule has 0 bridgehead atoms. The molecule has 1 fully saturated rings. The molecular formula is C24H29N3O4. The molecule has 7 heteroatoms. The lowest BCUT2D eigenvalue weighted by molar-refractivity contribution is -0.133. The van der Waals surface area contributed by atoms with E-state index in [2.05, 4.69) is 31.0 Å². The summed E-state index contributed by atoms with van der Waals surface area (Å²) < 4.78 is 10.6. The van der Waals surface area contributed by atoms with E-state index in [9.17, 15) is 9.59 Å². The van der Waals surface area contributed by atoms with Gasteiger partial charge in [-0.1, -0.05) is 20.8 Å². The molecule has 0 aromatic heterocycles. The summed E-state index contributed by atoms with van der Waals surface area (Å²) in [5, 5.41) is 2.92. The molecule has 0 radical (unpaired) electrons. The second-order valence-electron chi connectivity index (χ2n) is 9.17. The standard InChI is InChI=1S/C24H29N3O4/c1-24(2,3)15-22(28)27-12-10-26(11-13-27)19-7-5-18(6-8-19)25-23(29)17-4-9-20-21(14-17)31-16-30-20/h4-9,14H,10-13,15-16H2,1-3H3,(H,25,29). The van der Waals surface area contributed by atoms with Gasteiger partial charge in [0.1, 0.15) is 0 Å². The highest BCUT2D eigenvalue weighted by Gasteiger charge is 2.25. The minimum Gasteiger partial charge on any atom is -0.454 e. The smallest absolute Gasteiger partial charge is 0.255 e. The van der Waals surface area contributed by atoms with Crippen molar-refractivity contribution in [2.45, 2.75) is 27.2 Å². The lowest BCUT2D eigenvalue weighted by atomic mass is 9.91. The van der Waals surface area contributed by atoms with E-state index in [1.54, 1.807) is 18.2 Å². The average Bonchev–Trinajstić information content (AvgIpc) is 3.21. The van der Waals surface area contributed by atoms with Crippen molar-refractivity contribution < 1.29 is 19.1 Å². The number of nitrogens with zero attached hydrogens (tertiary/aromatic N) is 2. The number of hydrogen-bond donors (Lipinski definition) is 1. The van der Waals surface area contributed by atoms with Crippen molar-refractivity contribution in [3.63, 3.8) is 0 Å². The highest BCUT2D eigenvalue weighted by Crippen LogP contribution is 2.32. The van der Waals surface area contributed by atoms with E-state index in [1.165, 1.54) is 0 Å². The van der Waals surface area contributed by atoms with Crippen LogP contribution in [0.5, 0.6) is 11.5 Å². The Morgan fingerprint density at radius 2 is 1.61 bits per heavy atom. The molecule has 2 aromatic rings. The molecule has 0 unspecified atom stereocenters. The molecule has 1 N–H and O–H groups in total. The first-order valence-corrected chi connectivity index (χ1v) is 10.6. The fourth-order valence-corrected chi connectivity index (χ4v) is 3.78. The number of carbonyl (C=O) groups excluding carboxylic acids is 2. The predicted molar refractivity (Wildman–Crippen MR) is 120 cm³/mol. The quantitative estimate of drug-likeness (QED) is 0.811. The molecule has 7 nitrogen and oxygen atoms in total. The van der Waals surface area contributed by atoms with Crippen molar-refractivity contribution in [1.82, 2.24) is 4.90 Å². The van der Waals surface area contributed by atoms with Crippen LogP contribution >= 0.6 is 0 Å². The van der Waals surface area contributed by atoms with Crippen molar-refractivity contribution in [2.24, 2.45) is 5.41 Å². The third-order valence-electron chi connectivity index (χ3n) is 5.44. The second kappa shape index (κ2) is 8.49. The molecule has 2 aromatic carbocycles. The van der Waals surface area contributed by atoms with Crippen LogP contribution in [0.15, 0.2) is 42.5 Å². The highest BCUT2D eigenvalue weighted by atomic mass is 16.7. The van der Waals surface area contributed by atoms with Crippen LogP contribution in [-0.4, -0.2) is 49.7 Å². The summed E-state index contributed by atoms with van der Waals surface area (Å²) in [5.74, 6) is 1.27. The van der Waals surface area contributed by atoms with Gasteiger partial charge in [-0.05, 0) is 47.9 Å². The van der Waals surface area contributed by atoms with Crippen molar-refractivity contribution in [2.75, 3.05) is 43.2 Å². The SMILES string of the molecule is CC(C)(C)CC(=O)N1CCN(c2ccc(NC(=O)c3ccc4c(c3)OCO4)cc2)CC1. The number of hydrogen-bond acceptors (Lipinski definition) is 5. The average molecular weight is 424 g/mol. The molecule has 1 saturated heterocycles. The van der Waals surface area contributed by atoms with E-state index in [4.69, 9.17) is 9.47 Å². The van der Waals surface area contributed by atoms with Crippen LogP contribution in [0.4, 0.5) is 11.4 Å². The molecule has 164 valence electrons. The molecule has 2 amide bonds. The summed E-state index contributed by atoms with van der Waals surface area (Å²) >= 11 is 0. The number of rotatable bonds is 4. The van der Waals surface area contributed by atoms with Crippen LogP contribution in [0.1, 0.15) is 37.6 Å². The molecule has 31 heavy (non-hydrogen) atoms. The lowest BCUT2D eigenvalue weighted by Crippen LogP contribution is -2.49. The van der Waals surface area contributed by atoms with Crippen molar-refractivity contribution >= 4 is 23.2 Å². The molecule has 0 atom stereocenters. The molecule has 4 rings (SSSR count). The maximum absolute atomic E-state index is 12.5. The first-order chi connectivity index (χ1) is 14.8. The molecular weight excluding hydrogens is 394 g/mol. The number of ether oxygens (including phenoxy) is 2. The third kappa shape index (κ3) is 5.10. The number of piperazine rings is 1. The van der Waals surface area contributed by atoms with Crippen molar-refractivity contribution in [3.05, 3.63) is 48.0 Å². The Kier molecular flexibility index (Phi) is 5.76. The Morgan fingerprint density at radius 1 is 0.935 bits per heavy atom. The van der Waals surface area contributed by atoms with Crippen LogP contribution in [0.3, 0.4) is 0 Å². The third-order valence-corrected chi connectivity index (χ3v) is 5.44. The van der Waals surface area contributed by atoms with Crippen LogP contribution in [-0.2, 0) is 4.79 Å². The molecule has 0 spiro atoms. The van der Waals surface area contributed by atoms with Gasteiger partial charge in [-0.2, -0.15) is 0 Å². The van der Waals surface area contributed by atoms with Crippen LogP contribution in [0.2, 0.25) is 0 Å². The predicted octanol–water partition coefficient (Wildman–Crippen LogP) is 3.75. The van der Waals surface area contributed by atoms with Gasteiger partial charge in [-0.15, -0.1) is 0 Å². The Labute approximate surface area is 182 Å². The van der Waals surface area contributed by atoms with E-state index in [0.717, 1.165) is 37.6 Å². The van der Waals surface area contributed by atoms with Gasteiger partial charge in [-0.25, -0.2) is 0 Å².